The second kappa shape index (κ2) is 31.4. The van der Waals surface area contributed by atoms with Crippen LogP contribution in [0.3, 0.4) is 0 Å². The molecule has 0 aromatic carbocycles. The van der Waals surface area contributed by atoms with Gasteiger partial charge in [-0.2, -0.15) is 0 Å². The van der Waals surface area contributed by atoms with E-state index in [1.54, 1.807) is 36.7 Å². The van der Waals surface area contributed by atoms with Gasteiger partial charge in [-0.15, -0.1) is 0 Å². The summed E-state index contributed by atoms with van der Waals surface area (Å²) < 4.78 is 5.88. The minimum Gasteiger partial charge on any atom is -0.377 e. The Morgan fingerprint density at radius 1 is 0.486 bits per heavy atom. The van der Waals surface area contributed by atoms with Crippen molar-refractivity contribution in [2.24, 2.45) is 35.5 Å². The molecule has 0 spiro atoms. The Labute approximate surface area is 427 Å². The van der Waals surface area contributed by atoms with Gasteiger partial charge in [0.25, 0.3) is 0 Å². The maximum atomic E-state index is 5.88. The molecule has 4 aromatic heterocycles. The highest BCUT2D eigenvalue weighted by atomic mass is 16.5. The number of allylic oxidation sites excluding steroid dienone is 1. The number of ether oxygens (including phenoxy) is 1. The summed E-state index contributed by atoms with van der Waals surface area (Å²) in [7, 11) is 0. The molecule has 7 fully saturated rings. The van der Waals surface area contributed by atoms with Crippen LogP contribution < -0.4 is 0 Å². The second-order valence-corrected chi connectivity index (χ2v) is 22.5. The first-order valence-corrected chi connectivity index (χ1v) is 27.4. The largest absolute Gasteiger partial charge is 0.377 e. The predicted molar refractivity (Wildman–Crippen MR) is 293 cm³/mol. The lowest BCUT2D eigenvalue weighted by molar-refractivity contribution is -0.0921. The number of hydrogen-bond donors (Lipinski definition) is 0. The lowest BCUT2D eigenvalue weighted by Gasteiger charge is -2.46. The fourth-order valence-corrected chi connectivity index (χ4v) is 10.2. The fourth-order valence-electron chi connectivity index (χ4n) is 10.2. The van der Waals surface area contributed by atoms with Gasteiger partial charge in [-0.25, -0.2) is 9.97 Å². The summed E-state index contributed by atoms with van der Waals surface area (Å²) in [5.74, 6) is 7.78. The molecule has 9 aliphatic heterocycles. The van der Waals surface area contributed by atoms with Crippen LogP contribution in [0.1, 0.15) is 182 Å². The van der Waals surface area contributed by atoms with E-state index in [1.807, 2.05) is 49.2 Å². The second-order valence-electron chi connectivity index (χ2n) is 22.5. The van der Waals surface area contributed by atoms with E-state index in [1.165, 1.54) is 108 Å². The summed E-state index contributed by atoms with van der Waals surface area (Å²) in [6.07, 6.45) is 29.6. The third kappa shape index (κ3) is 20.9. The highest BCUT2D eigenvalue weighted by Gasteiger charge is 2.36. The van der Waals surface area contributed by atoms with E-state index in [9.17, 15) is 0 Å². The quantitative estimate of drug-likeness (QED) is 0.170. The van der Waals surface area contributed by atoms with E-state index in [0.717, 1.165) is 41.2 Å². The fraction of sp³-hybridized carbons (Fsp3) is 0.667. The van der Waals surface area contributed by atoms with Crippen molar-refractivity contribution in [1.82, 2.24) is 44.6 Å². The lowest BCUT2D eigenvalue weighted by Crippen LogP contribution is -2.51. The molecule has 2 atom stereocenters. The monoisotopic (exact) mass is 960 g/mol. The van der Waals surface area contributed by atoms with E-state index in [0.29, 0.717) is 35.9 Å². The van der Waals surface area contributed by atoms with Gasteiger partial charge in [0.2, 0.25) is 0 Å². The Bertz CT molecular complexity index is 1760. The van der Waals surface area contributed by atoms with Crippen molar-refractivity contribution in [1.29, 1.82) is 0 Å². The third-order valence-corrected chi connectivity index (χ3v) is 14.8. The molecule has 0 aliphatic carbocycles. The zero-order chi connectivity index (χ0) is 51.0. The summed E-state index contributed by atoms with van der Waals surface area (Å²) in [5, 5.41) is 0. The van der Waals surface area contributed by atoms with Crippen molar-refractivity contribution in [3.8, 4) is 0 Å². The zero-order valence-electron chi connectivity index (χ0n) is 46.4. The van der Waals surface area contributed by atoms with E-state index < -0.39 is 0 Å². The minimum atomic E-state index is 0.399. The Morgan fingerprint density at radius 3 is 1.36 bits per heavy atom. The molecule has 10 heteroatoms. The molecule has 13 heterocycles. The average molecular weight is 960 g/mol. The van der Waals surface area contributed by atoms with Crippen molar-refractivity contribution in [2.45, 2.75) is 171 Å². The molecule has 0 saturated carbocycles. The molecule has 10 nitrogen and oxygen atoms in total. The van der Waals surface area contributed by atoms with Crippen molar-refractivity contribution < 1.29 is 4.74 Å². The van der Waals surface area contributed by atoms with Crippen LogP contribution >= 0.6 is 0 Å². The topological polar surface area (TPSA) is 96.3 Å². The van der Waals surface area contributed by atoms with Crippen LogP contribution in [0.4, 0.5) is 0 Å². The number of aromatic nitrogens is 6. The van der Waals surface area contributed by atoms with Gasteiger partial charge in [-0.1, -0.05) is 89.2 Å². The number of fused-ring (bicyclic) bond motifs is 8. The summed E-state index contributed by atoms with van der Waals surface area (Å²) in [6.45, 7) is 41.4. The van der Waals surface area contributed by atoms with Gasteiger partial charge in [0.15, 0.2) is 0 Å². The van der Waals surface area contributed by atoms with E-state index >= 15 is 0 Å². The SMILES string of the molecule is CC(C)C1=CN2CCC1CC2.CC(C)C1CN2CCC1CC2.CC(C)OC1CN2CCC1CC2.CC(C)c1cccnc1.CC(C)c1ccncc1.CC(C)c1cnccn1.CC(C)c1cncnc1. The molecule has 6 bridgehead atoms. The predicted octanol–water partition coefficient (Wildman–Crippen LogP) is 13.4. The molecule has 0 radical (unpaired) electrons. The summed E-state index contributed by atoms with van der Waals surface area (Å²) in [5.41, 5.74) is 6.60. The van der Waals surface area contributed by atoms with Crippen LogP contribution in [-0.2, 0) is 4.74 Å². The smallest absolute Gasteiger partial charge is 0.115 e. The van der Waals surface area contributed by atoms with Crippen LogP contribution in [0.5, 0.6) is 0 Å². The van der Waals surface area contributed by atoms with Crippen LogP contribution in [0.2, 0.25) is 0 Å². The number of piperidine rings is 7. The Morgan fingerprint density at radius 2 is 1.04 bits per heavy atom. The number of pyridine rings is 2. The normalized spacial score (nSPS) is 22.9. The number of nitrogens with zero attached hydrogens (tertiary/aromatic N) is 9. The summed E-state index contributed by atoms with van der Waals surface area (Å²) >= 11 is 0. The zero-order valence-corrected chi connectivity index (χ0v) is 46.4. The van der Waals surface area contributed by atoms with Gasteiger partial charge in [-0.3, -0.25) is 19.9 Å². The standard InChI is InChI=1S/C10H19NO.C10H19N.C10H17N.2C8H11N.2C7H10N2/c1-8(2)12-10-7-11-5-3-9(10)4-6-11;2*1-8(2)10-7-11-5-3-9(10)4-6-11;1-7(2)8-3-5-9-6-4-8;1-7(2)8-4-3-5-9-6-8;1-6(2)7-3-8-5-9-4-7;1-6(2)7-5-8-3-4-9-7/h8-10H,3-7H2,1-2H3;8-10H,3-7H2,1-2H3;7-9H,3-6H2,1-2H3;2*3-7H,1-2H3;2*3-6H,1-2H3. The van der Waals surface area contributed by atoms with Gasteiger partial charge < -0.3 is 19.4 Å². The van der Waals surface area contributed by atoms with Gasteiger partial charge in [0, 0.05) is 82.0 Å². The van der Waals surface area contributed by atoms with Crippen molar-refractivity contribution >= 4 is 0 Å². The molecule has 9 aliphatic rings. The van der Waals surface area contributed by atoms with Crippen molar-refractivity contribution in [3.05, 3.63) is 121 Å². The first kappa shape index (κ1) is 58.5. The van der Waals surface area contributed by atoms with E-state index in [-0.39, 0.29) is 0 Å². The Kier molecular flexibility index (Phi) is 26.2. The number of rotatable bonds is 8. The molecule has 0 N–H and O–H groups in total. The van der Waals surface area contributed by atoms with Gasteiger partial charge in [-0.05, 0) is 184 Å². The highest BCUT2D eigenvalue weighted by Crippen LogP contribution is 2.37. The highest BCUT2D eigenvalue weighted by molar-refractivity contribution is 5.16. The first-order valence-electron chi connectivity index (χ1n) is 27.4. The molecule has 0 amide bonds. The minimum absolute atomic E-state index is 0.399. The Balaban J connectivity index is 0.000000178. The van der Waals surface area contributed by atoms with Gasteiger partial charge >= 0.3 is 0 Å². The number of hydrogen-bond acceptors (Lipinski definition) is 10. The van der Waals surface area contributed by atoms with Crippen molar-refractivity contribution in [3.63, 3.8) is 0 Å². The van der Waals surface area contributed by atoms with Crippen molar-refractivity contribution in [2.75, 3.05) is 52.4 Å². The van der Waals surface area contributed by atoms with Crippen LogP contribution in [0, 0.1) is 35.5 Å². The van der Waals surface area contributed by atoms with Gasteiger partial charge in [0.05, 0.1) is 17.9 Å². The molecular formula is C60H97N9O. The van der Waals surface area contributed by atoms with Gasteiger partial charge in [0.1, 0.15) is 6.33 Å². The maximum absolute atomic E-state index is 5.88. The molecule has 388 valence electrons. The molecule has 2 unspecified atom stereocenters. The average Bonchev–Trinajstić information content (AvgIpc) is 3.39. The lowest BCUT2D eigenvalue weighted by atomic mass is 9.74. The van der Waals surface area contributed by atoms with E-state index in [4.69, 9.17) is 4.74 Å². The van der Waals surface area contributed by atoms with Crippen LogP contribution in [-0.4, -0.2) is 109 Å². The summed E-state index contributed by atoms with van der Waals surface area (Å²) in [6, 6.07) is 8.16. The van der Waals surface area contributed by atoms with Crippen LogP contribution in [0.15, 0.2) is 98.1 Å². The maximum Gasteiger partial charge on any atom is 0.115 e. The van der Waals surface area contributed by atoms with Crippen LogP contribution in [0.25, 0.3) is 0 Å². The molecular weight excluding hydrogens is 863 g/mol. The molecule has 70 heavy (non-hydrogen) atoms. The molecule has 4 aromatic rings. The molecule has 13 rings (SSSR count). The van der Waals surface area contributed by atoms with E-state index in [2.05, 4.69) is 154 Å². The molecule has 7 saturated heterocycles. The first-order chi connectivity index (χ1) is 33.5. The third-order valence-electron chi connectivity index (χ3n) is 14.8. The Hall–Kier alpha value is -4.12. The summed E-state index contributed by atoms with van der Waals surface area (Å²) in [4.78, 5) is 31.4.